The summed E-state index contributed by atoms with van der Waals surface area (Å²) in [7, 11) is 0. The lowest BCUT2D eigenvalue weighted by Crippen LogP contribution is -2.34. The first-order valence-corrected chi connectivity index (χ1v) is 4.30. The Kier molecular flexibility index (Phi) is 2.85. The highest BCUT2D eigenvalue weighted by Crippen LogP contribution is 2.19. The predicted octanol–water partition coefficient (Wildman–Crippen LogP) is 0.591. The van der Waals surface area contributed by atoms with Gasteiger partial charge >= 0.3 is 0 Å². The molecule has 0 aromatic carbocycles. The average molecular weight is 192 g/mol. The van der Waals surface area contributed by atoms with Crippen molar-refractivity contribution in [3.05, 3.63) is 0 Å². The Balaban J connectivity index is 2.41. The van der Waals surface area contributed by atoms with Gasteiger partial charge in [-0.3, -0.25) is 4.79 Å². The van der Waals surface area contributed by atoms with Gasteiger partial charge in [0.15, 0.2) is 0 Å². The van der Waals surface area contributed by atoms with E-state index in [-0.39, 0.29) is 6.04 Å². The molecule has 1 aliphatic heterocycles. The van der Waals surface area contributed by atoms with Gasteiger partial charge in [-0.25, -0.2) is 8.78 Å². The Morgan fingerprint density at radius 3 is 2.69 bits per heavy atom. The van der Waals surface area contributed by atoms with Crippen molar-refractivity contribution < 1.29 is 13.6 Å². The lowest BCUT2D eigenvalue weighted by molar-refractivity contribution is -0.136. The van der Waals surface area contributed by atoms with Crippen LogP contribution in [0.3, 0.4) is 0 Å². The zero-order valence-corrected chi connectivity index (χ0v) is 7.59. The van der Waals surface area contributed by atoms with Gasteiger partial charge in [0, 0.05) is 19.1 Å². The third kappa shape index (κ3) is 3.26. The number of rotatable bonds is 2. The van der Waals surface area contributed by atoms with Crippen LogP contribution in [0, 0.1) is 0 Å². The first kappa shape index (κ1) is 10.4. The van der Waals surface area contributed by atoms with Crippen molar-refractivity contribution in [1.82, 2.24) is 4.90 Å². The van der Waals surface area contributed by atoms with E-state index < -0.39 is 18.3 Å². The van der Waals surface area contributed by atoms with E-state index in [9.17, 15) is 13.6 Å². The number of carbonyl (C=O) groups excluding carboxylic acids is 1. The highest BCUT2D eigenvalue weighted by Gasteiger charge is 2.31. The molecule has 1 fully saturated rings. The van der Waals surface area contributed by atoms with E-state index in [1.807, 2.05) is 0 Å². The molecular formula is C8H14F2N2O. The minimum Gasteiger partial charge on any atom is -0.341 e. The molecular weight excluding hydrogens is 178 g/mol. The topological polar surface area (TPSA) is 46.3 Å². The van der Waals surface area contributed by atoms with Crippen molar-refractivity contribution in [3.8, 4) is 0 Å². The molecule has 0 bridgehead atoms. The molecule has 0 saturated carbocycles. The Morgan fingerprint density at radius 2 is 2.31 bits per heavy atom. The molecule has 1 aliphatic rings. The summed E-state index contributed by atoms with van der Waals surface area (Å²) < 4.78 is 24.9. The van der Waals surface area contributed by atoms with Gasteiger partial charge in [-0.05, 0) is 13.3 Å². The molecule has 0 aliphatic carbocycles. The van der Waals surface area contributed by atoms with Gasteiger partial charge in [-0.15, -0.1) is 0 Å². The van der Waals surface area contributed by atoms with E-state index in [4.69, 9.17) is 5.73 Å². The Bertz CT molecular complexity index is 203. The maximum Gasteiger partial charge on any atom is 0.254 e. The summed E-state index contributed by atoms with van der Waals surface area (Å²) in [6, 6.07) is -0.0468. The maximum absolute atomic E-state index is 12.4. The van der Waals surface area contributed by atoms with Crippen LogP contribution in [0.15, 0.2) is 0 Å². The number of hydrogen-bond acceptors (Lipinski definition) is 2. The first-order valence-electron chi connectivity index (χ1n) is 4.30. The van der Waals surface area contributed by atoms with Crippen LogP contribution in [-0.2, 0) is 4.79 Å². The molecule has 5 heteroatoms. The molecule has 0 aromatic rings. The zero-order valence-electron chi connectivity index (χ0n) is 7.59. The summed E-state index contributed by atoms with van der Waals surface area (Å²) in [4.78, 5) is 12.6. The summed E-state index contributed by atoms with van der Waals surface area (Å²) >= 11 is 0. The molecule has 1 heterocycles. The van der Waals surface area contributed by atoms with Gasteiger partial charge in [0.1, 0.15) is 0 Å². The number of halogens is 2. The number of nitrogens with two attached hydrogens (primary N) is 1. The molecule has 0 spiro atoms. The molecule has 1 rings (SSSR count). The van der Waals surface area contributed by atoms with E-state index in [1.54, 1.807) is 0 Å². The van der Waals surface area contributed by atoms with Crippen LogP contribution < -0.4 is 5.73 Å². The van der Waals surface area contributed by atoms with Gasteiger partial charge in [0.05, 0.1) is 6.42 Å². The standard InChI is InChI=1S/C8H14F2N2O/c1-8(9,10)4-7(13)12-3-2-6(11)5-12/h6H,2-5,11H2,1H3. The largest absolute Gasteiger partial charge is 0.341 e. The van der Waals surface area contributed by atoms with E-state index in [2.05, 4.69) is 0 Å². The maximum atomic E-state index is 12.4. The number of hydrogen-bond donors (Lipinski definition) is 1. The van der Waals surface area contributed by atoms with Gasteiger partial charge in [-0.2, -0.15) is 0 Å². The smallest absolute Gasteiger partial charge is 0.254 e. The van der Waals surface area contributed by atoms with Crippen LogP contribution in [0.5, 0.6) is 0 Å². The fraction of sp³-hybridized carbons (Fsp3) is 0.875. The molecule has 0 aromatic heterocycles. The number of amides is 1. The second-order valence-corrected chi connectivity index (χ2v) is 3.64. The van der Waals surface area contributed by atoms with E-state index in [1.165, 1.54) is 4.90 Å². The van der Waals surface area contributed by atoms with Crippen LogP contribution in [0.1, 0.15) is 19.8 Å². The summed E-state index contributed by atoms with van der Waals surface area (Å²) in [6.07, 6.45) is 0.000740. The summed E-state index contributed by atoms with van der Waals surface area (Å²) in [5, 5.41) is 0. The number of likely N-dealkylation sites (tertiary alicyclic amines) is 1. The third-order valence-corrected chi connectivity index (χ3v) is 2.04. The van der Waals surface area contributed by atoms with E-state index in [0.29, 0.717) is 19.5 Å². The number of carbonyl (C=O) groups is 1. The molecule has 1 atom stereocenters. The van der Waals surface area contributed by atoms with Gasteiger partial charge in [0.2, 0.25) is 5.91 Å². The molecule has 3 nitrogen and oxygen atoms in total. The SMILES string of the molecule is CC(F)(F)CC(=O)N1CCC(N)C1. The highest BCUT2D eigenvalue weighted by molar-refractivity contribution is 5.77. The van der Waals surface area contributed by atoms with Gasteiger partial charge in [-0.1, -0.05) is 0 Å². The predicted molar refractivity (Wildman–Crippen MR) is 44.4 cm³/mol. The fourth-order valence-electron chi connectivity index (χ4n) is 1.39. The lowest BCUT2D eigenvalue weighted by atomic mass is 10.2. The van der Waals surface area contributed by atoms with Crippen molar-refractivity contribution >= 4 is 5.91 Å². The van der Waals surface area contributed by atoms with Crippen LogP contribution >= 0.6 is 0 Å². The summed E-state index contributed by atoms with van der Waals surface area (Å²) in [5.74, 6) is -3.41. The second-order valence-electron chi connectivity index (χ2n) is 3.64. The first-order chi connectivity index (χ1) is 5.88. The fourth-order valence-corrected chi connectivity index (χ4v) is 1.39. The van der Waals surface area contributed by atoms with Gasteiger partial charge < -0.3 is 10.6 Å². The van der Waals surface area contributed by atoms with Crippen molar-refractivity contribution in [2.24, 2.45) is 5.73 Å². The van der Waals surface area contributed by atoms with Crippen LogP contribution in [0.25, 0.3) is 0 Å². The minimum absolute atomic E-state index is 0.0468. The summed E-state index contributed by atoms with van der Waals surface area (Å²) in [5.41, 5.74) is 5.55. The third-order valence-electron chi connectivity index (χ3n) is 2.04. The van der Waals surface area contributed by atoms with Crippen molar-refractivity contribution in [2.75, 3.05) is 13.1 Å². The monoisotopic (exact) mass is 192 g/mol. The van der Waals surface area contributed by atoms with E-state index >= 15 is 0 Å². The van der Waals surface area contributed by atoms with Crippen molar-refractivity contribution in [1.29, 1.82) is 0 Å². The van der Waals surface area contributed by atoms with Gasteiger partial charge in [0.25, 0.3) is 5.92 Å². The molecule has 1 saturated heterocycles. The highest BCUT2D eigenvalue weighted by atomic mass is 19.3. The Hall–Kier alpha value is -0.710. The molecule has 1 amide bonds. The Morgan fingerprint density at radius 1 is 1.69 bits per heavy atom. The van der Waals surface area contributed by atoms with Crippen molar-refractivity contribution in [2.45, 2.75) is 31.7 Å². The van der Waals surface area contributed by atoms with Crippen molar-refractivity contribution in [3.63, 3.8) is 0 Å². The summed E-state index contributed by atoms with van der Waals surface area (Å²) in [6.45, 7) is 1.67. The van der Waals surface area contributed by atoms with Crippen LogP contribution in [0.2, 0.25) is 0 Å². The lowest BCUT2D eigenvalue weighted by Gasteiger charge is -2.18. The molecule has 0 radical (unpaired) electrons. The molecule has 1 unspecified atom stereocenters. The normalized spacial score (nSPS) is 23.7. The molecule has 2 N–H and O–H groups in total. The van der Waals surface area contributed by atoms with Crippen LogP contribution in [0.4, 0.5) is 8.78 Å². The van der Waals surface area contributed by atoms with Crippen LogP contribution in [-0.4, -0.2) is 35.9 Å². The minimum atomic E-state index is -2.91. The number of alkyl halides is 2. The average Bonchev–Trinajstić information content (AvgIpc) is 2.31. The van der Waals surface area contributed by atoms with E-state index in [0.717, 1.165) is 6.92 Å². The quantitative estimate of drug-likeness (QED) is 0.696. The Labute approximate surface area is 75.9 Å². The second kappa shape index (κ2) is 3.57. The number of nitrogens with zero attached hydrogens (tertiary/aromatic N) is 1. The molecule has 13 heavy (non-hydrogen) atoms. The zero-order chi connectivity index (χ0) is 10.1. The molecule has 76 valence electrons.